The lowest BCUT2D eigenvalue weighted by atomic mass is 9.49. The normalized spacial score (nSPS) is 28.1. The summed E-state index contributed by atoms with van der Waals surface area (Å²) in [4.78, 5) is 18.0. The molecule has 3 aromatic rings. The van der Waals surface area contributed by atoms with E-state index in [-0.39, 0.29) is 5.41 Å². The molecule has 4 saturated carbocycles. The lowest BCUT2D eigenvalue weighted by molar-refractivity contribution is -0.146. The fourth-order valence-electron chi connectivity index (χ4n) is 6.79. The Morgan fingerprint density at radius 1 is 0.938 bits per heavy atom. The average Bonchev–Trinajstić information content (AvgIpc) is 3.28. The first-order valence-electron chi connectivity index (χ1n) is 12.0. The van der Waals surface area contributed by atoms with E-state index in [4.69, 9.17) is 4.98 Å². The van der Waals surface area contributed by atoms with Crippen molar-refractivity contribution < 1.29 is 4.79 Å². The van der Waals surface area contributed by atoms with Gasteiger partial charge in [-0.05, 0) is 68.8 Å². The summed E-state index contributed by atoms with van der Waals surface area (Å²) in [5.41, 5.74) is 5.66. The van der Waals surface area contributed by atoms with E-state index in [9.17, 15) is 4.79 Å². The summed E-state index contributed by atoms with van der Waals surface area (Å²) in [6, 6.07) is 17.0. The highest BCUT2D eigenvalue weighted by Gasteiger charge is 2.54. The molecule has 4 fully saturated rings. The largest absolute Gasteiger partial charge is 0.352 e. The Labute approximate surface area is 194 Å². The van der Waals surface area contributed by atoms with E-state index in [1.165, 1.54) is 24.8 Å². The van der Waals surface area contributed by atoms with Gasteiger partial charge in [0.1, 0.15) is 5.01 Å². The molecule has 1 heterocycles. The summed E-state index contributed by atoms with van der Waals surface area (Å²) in [6.07, 6.45) is 7.48. The first kappa shape index (κ1) is 20.2. The molecular formula is C28H30N2OS. The number of nitrogens with zero attached hydrogens (tertiary/aromatic N) is 1. The van der Waals surface area contributed by atoms with Crippen molar-refractivity contribution in [3.05, 3.63) is 65.0 Å². The molecule has 0 unspecified atom stereocenters. The molecule has 4 heteroatoms. The fraction of sp³-hybridized carbons (Fsp3) is 0.429. The Hall–Kier alpha value is -2.46. The van der Waals surface area contributed by atoms with Crippen molar-refractivity contribution in [2.75, 3.05) is 0 Å². The van der Waals surface area contributed by atoms with Crippen molar-refractivity contribution in [1.29, 1.82) is 0 Å². The van der Waals surface area contributed by atoms with Gasteiger partial charge in [0.05, 0.1) is 5.69 Å². The Morgan fingerprint density at radius 2 is 1.53 bits per heavy atom. The molecule has 4 aliphatic rings. The summed E-state index contributed by atoms with van der Waals surface area (Å²) in [7, 11) is 0. The lowest BCUT2D eigenvalue weighted by Crippen LogP contribution is -2.53. The molecule has 4 aliphatic carbocycles. The number of benzene rings is 2. The van der Waals surface area contributed by atoms with Gasteiger partial charge in [0.15, 0.2) is 0 Å². The fourth-order valence-corrected chi connectivity index (χ4v) is 7.62. The first-order valence-corrected chi connectivity index (χ1v) is 12.8. The average molecular weight is 443 g/mol. The predicted molar refractivity (Wildman–Crippen MR) is 130 cm³/mol. The second-order valence-corrected chi connectivity index (χ2v) is 11.3. The molecule has 1 aromatic heterocycles. The maximum absolute atomic E-state index is 13.2. The molecule has 0 saturated heterocycles. The summed E-state index contributed by atoms with van der Waals surface area (Å²) in [5, 5.41) is 6.45. The van der Waals surface area contributed by atoms with Crippen LogP contribution >= 0.6 is 11.3 Å². The molecule has 32 heavy (non-hydrogen) atoms. The number of carbonyl (C=O) groups excluding carboxylic acids is 1. The van der Waals surface area contributed by atoms with E-state index >= 15 is 0 Å². The molecule has 1 amide bonds. The number of hydrogen-bond donors (Lipinski definition) is 1. The maximum Gasteiger partial charge on any atom is 0.226 e. The minimum absolute atomic E-state index is 0.0675. The minimum Gasteiger partial charge on any atom is -0.352 e. The van der Waals surface area contributed by atoms with Crippen LogP contribution in [0.4, 0.5) is 0 Å². The van der Waals surface area contributed by atoms with Crippen molar-refractivity contribution in [2.45, 2.75) is 52.0 Å². The van der Waals surface area contributed by atoms with Crippen LogP contribution in [0.2, 0.25) is 0 Å². The number of nitrogens with one attached hydrogen (secondary N) is 1. The highest BCUT2D eigenvalue weighted by molar-refractivity contribution is 7.13. The maximum atomic E-state index is 13.2. The number of rotatable bonds is 5. The predicted octanol–water partition coefficient (Wildman–Crippen LogP) is 6.62. The van der Waals surface area contributed by atoms with Crippen molar-refractivity contribution in [3.63, 3.8) is 0 Å². The summed E-state index contributed by atoms with van der Waals surface area (Å²) in [5.74, 6) is 2.71. The van der Waals surface area contributed by atoms with Crippen molar-refractivity contribution in [3.8, 4) is 21.8 Å². The molecule has 0 radical (unpaired) electrons. The Morgan fingerprint density at radius 3 is 2.16 bits per heavy atom. The second-order valence-electron chi connectivity index (χ2n) is 10.5. The van der Waals surface area contributed by atoms with Crippen LogP contribution in [0.5, 0.6) is 0 Å². The highest BCUT2D eigenvalue weighted by atomic mass is 32.1. The molecule has 2 aromatic carbocycles. The molecule has 0 spiro atoms. The van der Waals surface area contributed by atoms with E-state index in [1.807, 2.05) is 0 Å². The zero-order valence-corrected chi connectivity index (χ0v) is 19.5. The standard InChI is InChI=1S/C28H30N2OS/c1-18-2-6-23(7-3-18)25-17-32-26(30-25)24-8-4-19(5-9-24)16-29-27(31)28-13-20-10-21(14-28)12-22(11-20)15-28/h2-9,17,20-22H,10-16H2,1H3,(H,29,31). The van der Waals surface area contributed by atoms with Gasteiger partial charge in [-0.2, -0.15) is 0 Å². The van der Waals surface area contributed by atoms with Gasteiger partial charge < -0.3 is 5.32 Å². The molecule has 3 nitrogen and oxygen atoms in total. The van der Waals surface area contributed by atoms with E-state index in [2.05, 4.69) is 66.2 Å². The van der Waals surface area contributed by atoms with Crippen LogP contribution in [-0.2, 0) is 11.3 Å². The van der Waals surface area contributed by atoms with Crippen molar-refractivity contribution >= 4 is 17.2 Å². The summed E-state index contributed by atoms with van der Waals surface area (Å²) in [6.45, 7) is 2.72. The van der Waals surface area contributed by atoms with Gasteiger partial charge in [-0.1, -0.05) is 54.1 Å². The monoisotopic (exact) mass is 442 g/mol. The third-order valence-electron chi connectivity index (χ3n) is 8.03. The Balaban J connectivity index is 1.11. The summed E-state index contributed by atoms with van der Waals surface area (Å²) < 4.78 is 0. The van der Waals surface area contributed by atoms with Crippen LogP contribution in [0, 0.1) is 30.1 Å². The van der Waals surface area contributed by atoms with Crippen LogP contribution in [0.25, 0.3) is 21.8 Å². The van der Waals surface area contributed by atoms with E-state index in [0.717, 1.165) is 64.4 Å². The van der Waals surface area contributed by atoms with Gasteiger partial charge in [0.2, 0.25) is 5.91 Å². The van der Waals surface area contributed by atoms with E-state index < -0.39 is 0 Å². The second kappa shape index (κ2) is 7.84. The highest BCUT2D eigenvalue weighted by Crippen LogP contribution is 2.60. The minimum atomic E-state index is -0.0675. The molecule has 0 atom stereocenters. The van der Waals surface area contributed by atoms with Gasteiger partial charge in [-0.3, -0.25) is 4.79 Å². The van der Waals surface area contributed by atoms with Gasteiger partial charge >= 0.3 is 0 Å². The Bertz CT molecular complexity index is 1090. The molecule has 1 N–H and O–H groups in total. The Kier molecular flexibility index (Phi) is 4.94. The van der Waals surface area contributed by atoms with Gasteiger partial charge in [-0.25, -0.2) is 4.98 Å². The van der Waals surface area contributed by atoms with Crippen molar-refractivity contribution in [1.82, 2.24) is 10.3 Å². The molecule has 7 rings (SSSR count). The molecule has 164 valence electrons. The number of thiazole rings is 1. The molecule has 4 bridgehead atoms. The molecule has 0 aliphatic heterocycles. The van der Waals surface area contributed by atoms with Crippen LogP contribution in [0.3, 0.4) is 0 Å². The van der Waals surface area contributed by atoms with E-state index in [0.29, 0.717) is 12.5 Å². The SMILES string of the molecule is Cc1ccc(-c2csc(-c3ccc(CNC(=O)C45CC6CC(CC(C6)C4)C5)cc3)n2)cc1. The van der Waals surface area contributed by atoms with Gasteiger partial charge in [-0.15, -0.1) is 11.3 Å². The first-order chi connectivity index (χ1) is 15.6. The third kappa shape index (κ3) is 3.69. The van der Waals surface area contributed by atoms with Crippen LogP contribution < -0.4 is 5.32 Å². The van der Waals surface area contributed by atoms with E-state index in [1.54, 1.807) is 11.3 Å². The summed E-state index contributed by atoms with van der Waals surface area (Å²) >= 11 is 1.68. The lowest BCUT2D eigenvalue weighted by Gasteiger charge is -2.55. The van der Waals surface area contributed by atoms with Crippen LogP contribution in [0.1, 0.15) is 49.7 Å². The van der Waals surface area contributed by atoms with Crippen LogP contribution in [0.15, 0.2) is 53.9 Å². The number of amides is 1. The van der Waals surface area contributed by atoms with Crippen LogP contribution in [-0.4, -0.2) is 10.9 Å². The zero-order valence-electron chi connectivity index (χ0n) is 18.6. The third-order valence-corrected chi connectivity index (χ3v) is 8.92. The van der Waals surface area contributed by atoms with Crippen molar-refractivity contribution in [2.24, 2.45) is 23.2 Å². The number of aryl methyl sites for hydroxylation is 1. The number of hydrogen-bond acceptors (Lipinski definition) is 3. The smallest absolute Gasteiger partial charge is 0.226 e. The topological polar surface area (TPSA) is 42.0 Å². The number of carbonyl (C=O) groups is 1. The van der Waals surface area contributed by atoms with Gasteiger partial charge in [0, 0.05) is 28.5 Å². The number of aromatic nitrogens is 1. The quantitative estimate of drug-likeness (QED) is 0.482. The zero-order chi connectivity index (χ0) is 21.7. The molecular weight excluding hydrogens is 412 g/mol. The van der Waals surface area contributed by atoms with Gasteiger partial charge in [0.25, 0.3) is 0 Å².